The van der Waals surface area contributed by atoms with Crippen LogP contribution >= 0.6 is 0 Å². The predicted octanol–water partition coefficient (Wildman–Crippen LogP) is 7.85. The molecule has 0 aliphatic rings. The van der Waals surface area contributed by atoms with Crippen molar-refractivity contribution >= 4 is 32.7 Å². The summed E-state index contributed by atoms with van der Waals surface area (Å²) in [6.07, 6.45) is 5.10. The van der Waals surface area contributed by atoms with E-state index in [1.54, 1.807) is 24.7 Å². The van der Waals surface area contributed by atoms with E-state index < -0.39 is 6.85 Å². The first-order valence-electron chi connectivity index (χ1n) is 12.9. The number of hydrogen-bond donors (Lipinski definition) is 0. The molecule has 0 N–H and O–H groups in total. The molecule has 7 rings (SSSR count). The largest absolute Gasteiger partial charge is 0.500 e. The molecule has 5 heteroatoms. The Kier molecular flexibility index (Phi) is 6.14. The van der Waals surface area contributed by atoms with Gasteiger partial charge in [0.1, 0.15) is 5.58 Å². The molecule has 7 aromatic rings. The van der Waals surface area contributed by atoms with Crippen LogP contribution in [0.2, 0.25) is 0 Å². The molecule has 0 spiro atoms. The van der Waals surface area contributed by atoms with Crippen molar-refractivity contribution in [3.63, 3.8) is 0 Å². The predicted molar refractivity (Wildman–Crippen MR) is 144 cm³/mol. The third-order valence-corrected chi connectivity index (χ3v) is 5.87. The van der Waals surface area contributed by atoms with Gasteiger partial charge in [0, 0.05) is 64.7 Å². The average Bonchev–Trinajstić information content (AvgIpc) is 3.38. The third kappa shape index (κ3) is 4.92. The standard InChI is InChI=1S/C21H13N2O.C11H8N.Ir/c1-13-11-18-14(12-23-13)8-9-16-15-5-4-6-17(20(15)24-21(16)18)19-7-2-3-10-22-19;1-2-6-10(7-3-1)11-8-4-5-9-12-11;/h2-5,7-12H,1H3;1-6,8-9H;/q2*-1;/i1D3;;. The van der Waals surface area contributed by atoms with Crippen molar-refractivity contribution in [3.8, 4) is 22.5 Å². The van der Waals surface area contributed by atoms with Gasteiger partial charge in [-0.05, 0) is 36.4 Å². The van der Waals surface area contributed by atoms with Crippen LogP contribution in [-0.4, -0.2) is 15.0 Å². The van der Waals surface area contributed by atoms with Gasteiger partial charge in [-0.2, -0.15) is 0 Å². The Morgan fingerprint density at radius 2 is 1.49 bits per heavy atom. The van der Waals surface area contributed by atoms with E-state index in [1.807, 2.05) is 84.9 Å². The minimum Gasteiger partial charge on any atom is -0.500 e. The van der Waals surface area contributed by atoms with Crippen molar-refractivity contribution in [1.82, 2.24) is 15.0 Å². The van der Waals surface area contributed by atoms with Crippen molar-refractivity contribution in [1.29, 1.82) is 0 Å². The van der Waals surface area contributed by atoms with Crippen LogP contribution in [0.5, 0.6) is 0 Å². The molecular formula is C32H21IrN3O-2. The number of fused-ring (bicyclic) bond motifs is 5. The number of aryl methyl sites for hydroxylation is 1. The van der Waals surface area contributed by atoms with Gasteiger partial charge in [-0.1, -0.05) is 47.3 Å². The first kappa shape index (κ1) is 21.0. The molecular weight excluding hydrogens is 635 g/mol. The quantitative estimate of drug-likeness (QED) is 0.178. The smallest absolute Gasteiger partial charge is 0.128 e. The van der Waals surface area contributed by atoms with Gasteiger partial charge in [-0.3, -0.25) is 4.98 Å². The summed E-state index contributed by atoms with van der Waals surface area (Å²) in [6, 6.07) is 35.0. The molecule has 4 aromatic heterocycles. The first-order chi connectivity index (χ1) is 19.0. The van der Waals surface area contributed by atoms with Gasteiger partial charge >= 0.3 is 0 Å². The van der Waals surface area contributed by atoms with E-state index in [-0.39, 0.29) is 25.8 Å². The average molecular weight is 659 g/mol. The van der Waals surface area contributed by atoms with Crippen LogP contribution in [0.15, 0.2) is 114 Å². The molecule has 0 saturated carbocycles. The Hall–Kier alpha value is -4.18. The Morgan fingerprint density at radius 1 is 0.703 bits per heavy atom. The summed E-state index contributed by atoms with van der Waals surface area (Å²) in [6.45, 7) is -2.27. The maximum atomic E-state index is 7.64. The van der Waals surface area contributed by atoms with Crippen molar-refractivity contribution in [2.75, 3.05) is 0 Å². The second kappa shape index (κ2) is 10.8. The minimum atomic E-state index is -2.27. The second-order valence-corrected chi connectivity index (χ2v) is 8.14. The van der Waals surface area contributed by atoms with E-state index in [4.69, 9.17) is 8.53 Å². The zero-order valence-electron chi connectivity index (χ0n) is 22.5. The fourth-order valence-electron chi connectivity index (χ4n) is 4.19. The van der Waals surface area contributed by atoms with Gasteiger partial charge in [0.2, 0.25) is 0 Å². The molecule has 0 fully saturated rings. The molecule has 0 aliphatic heterocycles. The number of pyridine rings is 3. The molecule has 0 bridgehead atoms. The van der Waals surface area contributed by atoms with E-state index in [9.17, 15) is 0 Å². The number of furan rings is 1. The maximum absolute atomic E-state index is 7.64. The van der Waals surface area contributed by atoms with E-state index >= 15 is 0 Å². The zero-order valence-corrected chi connectivity index (χ0v) is 21.9. The molecule has 0 amide bonds. The topological polar surface area (TPSA) is 51.8 Å². The molecule has 37 heavy (non-hydrogen) atoms. The van der Waals surface area contributed by atoms with Crippen LogP contribution in [0.25, 0.3) is 55.2 Å². The van der Waals surface area contributed by atoms with Crippen molar-refractivity contribution in [3.05, 3.63) is 127 Å². The normalized spacial score (nSPS) is 12.2. The molecule has 0 saturated heterocycles. The first-order valence-corrected chi connectivity index (χ1v) is 11.4. The van der Waals surface area contributed by atoms with Crippen LogP contribution in [-0.2, 0) is 20.1 Å². The Morgan fingerprint density at radius 3 is 2.22 bits per heavy atom. The molecule has 0 atom stereocenters. The fourth-order valence-corrected chi connectivity index (χ4v) is 4.19. The van der Waals surface area contributed by atoms with E-state index in [0.717, 1.165) is 44.1 Å². The van der Waals surface area contributed by atoms with E-state index in [1.165, 1.54) is 0 Å². The summed E-state index contributed by atoms with van der Waals surface area (Å²) in [5, 5.41) is 3.43. The molecule has 0 unspecified atom stereocenters. The zero-order chi connectivity index (χ0) is 26.8. The maximum Gasteiger partial charge on any atom is 0.128 e. The van der Waals surface area contributed by atoms with Gasteiger partial charge in [0.05, 0.1) is 5.58 Å². The third-order valence-electron chi connectivity index (χ3n) is 5.87. The number of rotatable bonds is 2. The number of hydrogen-bond acceptors (Lipinski definition) is 4. The Balaban J connectivity index is 0.000000209. The summed E-state index contributed by atoms with van der Waals surface area (Å²) in [4.78, 5) is 12.7. The summed E-state index contributed by atoms with van der Waals surface area (Å²) >= 11 is 0. The van der Waals surface area contributed by atoms with Gasteiger partial charge in [-0.15, -0.1) is 54.1 Å². The van der Waals surface area contributed by atoms with Crippen LogP contribution in [0.3, 0.4) is 0 Å². The van der Waals surface area contributed by atoms with Crippen molar-refractivity contribution < 1.29 is 28.6 Å². The van der Waals surface area contributed by atoms with Gasteiger partial charge in [0.25, 0.3) is 0 Å². The van der Waals surface area contributed by atoms with Crippen LogP contribution in [0.1, 0.15) is 9.81 Å². The second-order valence-electron chi connectivity index (χ2n) is 8.14. The Labute approximate surface area is 232 Å². The van der Waals surface area contributed by atoms with Gasteiger partial charge in [-0.25, -0.2) is 0 Å². The molecule has 4 nitrogen and oxygen atoms in total. The van der Waals surface area contributed by atoms with E-state index in [0.29, 0.717) is 11.2 Å². The van der Waals surface area contributed by atoms with Crippen LogP contribution < -0.4 is 0 Å². The molecule has 181 valence electrons. The molecule has 1 radical (unpaired) electrons. The van der Waals surface area contributed by atoms with Crippen LogP contribution in [0.4, 0.5) is 0 Å². The summed E-state index contributed by atoms with van der Waals surface area (Å²) in [7, 11) is 0. The molecule has 4 heterocycles. The van der Waals surface area contributed by atoms with Gasteiger partial charge < -0.3 is 14.4 Å². The van der Waals surface area contributed by atoms with Crippen LogP contribution in [0, 0.1) is 19.0 Å². The summed E-state index contributed by atoms with van der Waals surface area (Å²) < 4.78 is 29.1. The Bertz CT molecular complexity index is 1850. The number of aromatic nitrogens is 3. The SMILES string of the molecule is [2H]C([2H])([2H])c1cc2c(ccc3c4cc[c-]c(-c5ccccn5)c4oc23)cn1.[Ir].[c-]1ccccc1-c1ccccn1. The van der Waals surface area contributed by atoms with Gasteiger partial charge in [0.15, 0.2) is 0 Å². The van der Waals surface area contributed by atoms with Crippen molar-refractivity contribution in [2.45, 2.75) is 6.85 Å². The fraction of sp³-hybridized carbons (Fsp3) is 0.0312. The summed E-state index contributed by atoms with van der Waals surface area (Å²) in [5.74, 6) is 0. The number of benzene rings is 3. The monoisotopic (exact) mass is 659 g/mol. The molecule has 0 aliphatic carbocycles. The van der Waals surface area contributed by atoms with Crippen molar-refractivity contribution in [2.24, 2.45) is 0 Å². The van der Waals surface area contributed by atoms with E-state index in [2.05, 4.69) is 27.1 Å². The molecule has 3 aromatic carbocycles. The summed E-state index contributed by atoms with van der Waals surface area (Å²) in [5.41, 5.74) is 4.95. The number of nitrogens with zero attached hydrogens (tertiary/aromatic N) is 3. The minimum absolute atomic E-state index is 0.